The summed E-state index contributed by atoms with van der Waals surface area (Å²) in [5, 5.41) is 3.01. The van der Waals surface area contributed by atoms with Crippen LogP contribution >= 0.6 is 0 Å². The van der Waals surface area contributed by atoms with E-state index >= 15 is 0 Å². The van der Waals surface area contributed by atoms with Gasteiger partial charge in [-0.3, -0.25) is 9.69 Å². The molecular formula is C37H39N5O3. The molecule has 1 saturated carbocycles. The number of carbonyl (C=O) groups excluding carboxylic acids is 1. The summed E-state index contributed by atoms with van der Waals surface area (Å²) in [5.74, 6) is 1.18. The summed E-state index contributed by atoms with van der Waals surface area (Å²) in [6, 6.07) is 33.5. The average molecular weight is 602 g/mol. The third-order valence-corrected chi connectivity index (χ3v) is 8.86. The lowest BCUT2D eigenvalue weighted by molar-refractivity contribution is 0.0951. The lowest BCUT2D eigenvalue weighted by Crippen LogP contribution is -2.46. The Morgan fingerprint density at radius 1 is 0.911 bits per heavy atom. The zero-order valence-electron chi connectivity index (χ0n) is 25.6. The van der Waals surface area contributed by atoms with Gasteiger partial charge in [0.1, 0.15) is 12.4 Å². The third kappa shape index (κ3) is 7.02. The van der Waals surface area contributed by atoms with Gasteiger partial charge in [0.2, 0.25) is 5.88 Å². The molecule has 45 heavy (non-hydrogen) atoms. The fourth-order valence-corrected chi connectivity index (χ4v) is 6.17. The highest BCUT2D eigenvalue weighted by Gasteiger charge is 2.39. The van der Waals surface area contributed by atoms with Gasteiger partial charge in [-0.15, -0.1) is 0 Å². The maximum Gasteiger partial charge on any atom is 0.293 e. The molecule has 1 N–H and O–H groups in total. The largest absolute Gasteiger partial charge is 0.462 e. The maximum atomic E-state index is 12.3. The second-order valence-corrected chi connectivity index (χ2v) is 12.2. The van der Waals surface area contributed by atoms with Crippen LogP contribution in [-0.2, 0) is 11.3 Å². The minimum atomic E-state index is -0.0306. The Balaban J connectivity index is 0.976. The van der Waals surface area contributed by atoms with E-state index < -0.39 is 0 Å². The fraction of sp³-hybridized carbons (Fsp3) is 0.324. The molecule has 2 saturated heterocycles. The van der Waals surface area contributed by atoms with Crippen LogP contribution in [0.15, 0.2) is 102 Å². The number of aromatic nitrogens is 1. The van der Waals surface area contributed by atoms with Crippen LogP contribution < -0.4 is 10.1 Å². The number of piperidine rings is 1. The van der Waals surface area contributed by atoms with Crippen molar-refractivity contribution < 1.29 is 14.3 Å². The molecular weight excluding hydrogens is 562 g/mol. The van der Waals surface area contributed by atoms with Crippen LogP contribution in [-0.4, -0.2) is 58.5 Å². The number of amidine groups is 1. The van der Waals surface area contributed by atoms with Crippen molar-refractivity contribution in [1.82, 2.24) is 20.1 Å². The monoisotopic (exact) mass is 601 g/mol. The number of rotatable bonds is 9. The molecule has 1 amide bonds. The number of likely N-dealkylation sites (tertiary alicyclic amines) is 1. The molecule has 3 aliphatic rings. The number of pyridine rings is 1. The molecule has 1 atom stereocenters. The van der Waals surface area contributed by atoms with Crippen LogP contribution in [0.5, 0.6) is 11.6 Å². The van der Waals surface area contributed by atoms with E-state index in [1.165, 1.54) is 11.1 Å². The van der Waals surface area contributed by atoms with Gasteiger partial charge in [-0.05, 0) is 80.1 Å². The summed E-state index contributed by atoms with van der Waals surface area (Å²) in [5.41, 5.74) is 4.98. The number of para-hydroxylation sites is 1. The summed E-state index contributed by atoms with van der Waals surface area (Å²) in [7, 11) is 0. The number of nitrogens with one attached hydrogen (secondary N) is 1. The van der Waals surface area contributed by atoms with Crippen LogP contribution in [0.25, 0.3) is 0 Å². The summed E-state index contributed by atoms with van der Waals surface area (Å²) >= 11 is 0. The summed E-state index contributed by atoms with van der Waals surface area (Å²) < 4.78 is 12.3. The highest BCUT2D eigenvalue weighted by atomic mass is 16.5. The van der Waals surface area contributed by atoms with Crippen LogP contribution in [0.3, 0.4) is 0 Å². The van der Waals surface area contributed by atoms with Gasteiger partial charge in [0, 0.05) is 49.0 Å². The minimum Gasteiger partial charge on any atom is -0.462 e. The first-order valence-electron chi connectivity index (χ1n) is 16.0. The molecule has 1 aliphatic carbocycles. The molecule has 3 fully saturated rings. The number of amides is 1. The second-order valence-electron chi connectivity index (χ2n) is 12.2. The van der Waals surface area contributed by atoms with Crippen molar-refractivity contribution in [3.05, 3.63) is 119 Å². The Morgan fingerprint density at radius 3 is 2.31 bits per heavy atom. The Kier molecular flexibility index (Phi) is 8.47. The van der Waals surface area contributed by atoms with Crippen LogP contribution in [0, 0.1) is 6.92 Å². The molecule has 230 valence electrons. The van der Waals surface area contributed by atoms with Crippen molar-refractivity contribution in [3.63, 3.8) is 0 Å². The van der Waals surface area contributed by atoms with Crippen molar-refractivity contribution in [1.29, 1.82) is 0 Å². The number of carbonyl (C=O) groups is 1. The topological polar surface area (TPSA) is 79.3 Å². The number of aryl methyl sites for hydroxylation is 1. The van der Waals surface area contributed by atoms with E-state index in [1.807, 2.05) is 55.5 Å². The number of hydrogen-bond acceptors (Lipinski definition) is 6. The van der Waals surface area contributed by atoms with E-state index in [0.29, 0.717) is 35.9 Å². The van der Waals surface area contributed by atoms with Gasteiger partial charge in [0.15, 0.2) is 0 Å². The maximum absolute atomic E-state index is 12.3. The number of benzene rings is 3. The zero-order valence-corrected chi connectivity index (χ0v) is 25.6. The summed E-state index contributed by atoms with van der Waals surface area (Å²) in [6.07, 6.45) is 4.20. The molecule has 1 unspecified atom stereocenters. The van der Waals surface area contributed by atoms with E-state index in [-0.39, 0.29) is 11.9 Å². The highest BCUT2D eigenvalue weighted by molar-refractivity contribution is 5.94. The van der Waals surface area contributed by atoms with E-state index in [0.717, 1.165) is 62.7 Å². The quantitative estimate of drug-likeness (QED) is 0.227. The molecule has 4 aromatic rings. The van der Waals surface area contributed by atoms with E-state index in [1.54, 1.807) is 12.1 Å². The number of nitrogens with zero attached hydrogens (tertiary/aromatic N) is 4. The van der Waals surface area contributed by atoms with Gasteiger partial charge >= 0.3 is 0 Å². The van der Waals surface area contributed by atoms with Crippen molar-refractivity contribution in [2.24, 2.45) is 4.99 Å². The first kappa shape index (κ1) is 29.0. The van der Waals surface area contributed by atoms with Gasteiger partial charge in [-0.2, -0.15) is 4.99 Å². The van der Waals surface area contributed by atoms with Gasteiger partial charge < -0.3 is 19.7 Å². The van der Waals surface area contributed by atoms with Gasteiger partial charge in [-0.1, -0.05) is 54.6 Å². The first-order valence-corrected chi connectivity index (χ1v) is 16.0. The molecule has 0 bridgehead atoms. The average Bonchev–Trinajstić information content (AvgIpc) is 3.80. The Hall–Kier alpha value is -4.69. The molecule has 0 radical (unpaired) electrons. The lowest BCUT2D eigenvalue weighted by Gasteiger charge is -2.39. The minimum absolute atomic E-state index is 0.0306. The molecule has 1 aromatic heterocycles. The molecule has 2 aliphatic heterocycles. The van der Waals surface area contributed by atoms with Crippen LogP contribution in [0.4, 0.5) is 5.69 Å². The Labute approximate surface area is 264 Å². The summed E-state index contributed by atoms with van der Waals surface area (Å²) in [6.45, 7) is 5.47. The molecule has 8 heteroatoms. The number of aliphatic imine (C=N–C) groups is 1. The van der Waals surface area contributed by atoms with Crippen LogP contribution in [0.1, 0.15) is 58.9 Å². The smallest absolute Gasteiger partial charge is 0.293 e. The zero-order chi connectivity index (χ0) is 30.6. The summed E-state index contributed by atoms with van der Waals surface area (Å²) in [4.78, 5) is 26.9. The molecule has 0 spiro atoms. The Bertz CT molecular complexity index is 1630. The van der Waals surface area contributed by atoms with Crippen molar-refractivity contribution in [2.45, 2.75) is 57.3 Å². The molecule has 3 heterocycles. The SMILES string of the molecule is Cc1nc(Oc2ccc(C(=O)NC3CC3)cc2)ccc1CN1CCC(N2C(=Nc3ccccc3)OCC2c2ccccc2)CC1. The van der Waals surface area contributed by atoms with Crippen LogP contribution in [0.2, 0.25) is 0 Å². The van der Waals surface area contributed by atoms with E-state index in [4.69, 9.17) is 19.5 Å². The predicted octanol–water partition coefficient (Wildman–Crippen LogP) is 6.80. The number of ether oxygens (including phenoxy) is 2. The number of hydrogen-bond donors (Lipinski definition) is 1. The standard InChI is InChI=1S/C37H39N5O3/c1-26-29(14-19-35(38-26)45-33-17-12-28(13-18-33)36(43)39-31-15-16-31)24-41-22-20-32(21-23-41)42-34(27-8-4-2-5-9-27)25-44-37(42)40-30-10-6-3-7-11-30/h2-14,17-19,31-32,34H,15-16,20-25H2,1H3,(H,39,43). The molecule has 8 nitrogen and oxygen atoms in total. The first-order chi connectivity index (χ1) is 22.1. The Morgan fingerprint density at radius 2 is 1.62 bits per heavy atom. The third-order valence-electron chi connectivity index (χ3n) is 8.86. The van der Waals surface area contributed by atoms with Crippen molar-refractivity contribution in [2.75, 3.05) is 19.7 Å². The normalized spacial score (nSPS) is 19.8. The van der Waals surface area contributed by atoms with E-state index in [9.17, 15) is 4.79 Å². The predicted molar refractivity (Wildman–Crippen MR) is 175 cm³/mol. The lowest BCUT2D eigenvalue weighted by atomic mass is 9.98. The van der Waals surface area contributed by atoms with Gasteiger partial charge in [0.05, 0.1) is 11.7 Å². The van der Waals surface area contributed by atoms with Crippen molar-refractivity contribution in [3.8, 4) is 11.6 Å². The molecule has 3 aromatic carbocycles. The fourth-order valence-electron chi connectivity index (χ4n) is 6.17. The van der Waals surface area contributed by atoms with Crippen molar-refractivity contribution >= 4 is 17.6 Å². The highest BCUT2D eigenvalue weighted by Crippen LogP contribution is 2.35. The second kappa shape index (κ2) is 13.1. The molecule has 7 rings (SSSR count). The van der Waals surface area contributed by atoms with Gasteiger partial charge in [0.25, 0.3) is 11.9 Å². The van der Waals surface area contributed by atoms with Gasteiger partial charge in [-0.25, -0.2) is 4.98 Å². The van der Waals surface area contributed by atoms with E-state index in [2.05, 4.69) is 51.5 Å².